The lowest BCUT2D eigenvalue weighted by molar-refractivity contribution is -0.139. The van der Waals surface area contributed by atoms with Gasteiger partial charge in [-0.05, 0) is 58.2 Å². The Bertz CT molecular complexity index is 975. The molecule has 3 N–H and O–H groups in total. The first-order valence-electron chi connectivity index (χ1n) is 11.0. The van der Waals surface area contributed by atoms with E-state index in [4.69, 9.17) is 4.74 Å². The number of nitrogens with one attached hydrogen (secondary N) is 3. The van der Waals surface area contributed by atoms with Gasteiger partial charge in [0.2, 0.25) is 10.0 Å². The Labute approximate surface area is 189 Å². The highest BCUT2D eigenvalue weighted by molar-refractivity contribution is 7.89. The Kier molecular flexibility index (Phi) is 7.91. The molecule has 1 aromatic carbocycles. The van der Waals surface area contributed by atoms with E-state index in [1.54, 1.807) is 38.1 Å². The Hall–Kier alpha value is -2.43. The van der Waals surface area contributed by atoms with Gasteiger partial charge in [-0.3, -0.25) is 4.90 Å². The number of likely N-dealkylation sites (tertiary alicyclic amines) is 1. The molecular formula is C22H32N4O5S. The van der Waals surface area contributed by atoms with Crippen LogP contribution in [-0.4, -0.2) is 64.1 Å². The molecule has 1 saturated heterocycles. The molecule has 0 saturated carbocycles. The van der Waals surface area contributed by atoms with Gasteiger partial charge in [0.05, 0.1) is 23.1 Å². The van der Waals surface area contributed by atoms with Crippen LogP contribution in [0.4, 0.5) is 4.79 Å². The number of aryl methyl sites for hydroxylation is 1. The summed E-state index contributed by atoms with van der Waals surface area (Å²) in [5, 5.41) is 5.45. The van der Waals surface area contributed by atoms with Gasteiger partial charge in [-0.2, -0.15) is 0 Å². The predicted molar refractivity (Wildman–Crippen MR) is 120 cm³/mol. The largest absolute Gasteiger partial charge is 0.463 e. The van der Waals surface area contributed by atoms with Gasteiger partial charge in [0.1, 0.15) is 0 Å². The predicted octanol–water partition coefficient (Wildman–Crippen LogP) is 1.50. The fraction of sp³-hybridized carbons (Fsp3) is 0.545. The van der Waals surface area contributed by atoms with Gasteiger partial charge in [0.25, 0.3) is 0 Å². The molecule has 2 aliphatic heterocycles. The number of hydrogen-bond donors (Lipinski definition) is 3. The Morgan fingerprint density at radius 2 is 2.00 bits per heavy atom. The Balaban J connectivity index is 1.64. The van der Waals surface area contributed by atoms with E-state index >= 15 is 0 Å². The molecule has 0 aliphatic carbocycles. The van der Waals surface area contributed by atoms with Crippen molar-refractivity contribution >= 4 is 22.0 Å². The highest BCUT2D eigenvalue weighted by atomic mass is 32.2. The maximum atomic E-state index is 12.6. The number of hydrogen-bond acceptors (Lipinski definition) is 6. The second kappa shape index (κ2) is 10.5. The van der Waals surface area contributed by atoms with Crippen LogP contribution in [-0.2, 0) is 19.6 Å². The van der Waals surface area contributed by atoms with E-state index in [1.165, 1.54) is 0 Å². The lowest BCUT2D eigenvalue weighted by Gasteiger charge is -2.35. The van der Waals surface area contributed by atoms with Crippen molar-refractivity contribution in [1.82, 2.24) is 20.3 Å². The molecule has 1 aromatic rings. The summed E-state index contributed by atoms with van der Waals surface area (Å²) in [6.45, 7) is 7.85. The number of ether oxygens (including phenoxy) is 1. The molecule has 3 rings (SSSR count). The van der Waals surface area contributed by atoms with Crippen LogP contribution >= 0.6 is 0 Å². The third kappa shape index (κ3) is 6.08. The lowest BCUT2D eigenvalue weighted by Crippen LogP contribution is -2.52. The highest BCUT2D eigenvalue weighted by Gasteiger charge is 2.31. The van der Waals surface area contributed by atoms with E-state index < -0.39 is 22.0 Å². The molecule has 0 radical (unpaired) electrons. The van der Waals surface area contributed by atoms with Crippen molar-refractivity contribution in [1.29, 1.82) is 0 Å². The molecule has 0 aromatic heterocycles. The smallest absolute Gasteiger partial charge is 0.337 e. The monoisotopic (exact) mass is 464 g/mol. The van der Waals surface area contributed by atoms with E-state index in [0.717, 1.165) is 24.9 Å². The number of carbonyl (C=O) groups excluding carboxylic acids is 2. The number of urea groups is 1. The van der Waals surface area contributed by atoms with Gasteiger partial charge in [-0.1, -0.05) is 17.7 Å². The first-order valence-corrected chi connectivity index (χ1v) is 12.4. The summed E-state index contributed by atoms with van der Waals surface area (Å²) in [5.41, 5.74) is 1.97. The van der Waals surface area contributed by atoms with Crippen molar-refractivity contribution in [3.05, 3.63) is 41.1 Å². The number of amides is 2. The van der Waals surface area contributed by atoms with E-state index in [9.17, 15) is 18.0 Å². The van der Waals surface area contributed by atoms with Crippen molar-refractivity contribution in [3.63, 3.8) is 0 Å². The zero-order valence-electron chi connectivity index (χ0n) is 18.8. The molecule has 176 valence electrons. The second-order valence-electron chi connectivity index (χ2n) is 8.34. The van der Waals surface area contributed by atoms with Gasteiger partial charge in [-0.15, -0.1) is 0 Å². The minimum atomic E-state index is -3.57. The average Bonchev–Trinajstić information content (AvgIpc) is 2.73. The molecule has 0 spiro atoms. The van der Waals surface area contributed by atoms with Crippen molar-refractivity contribution in [2.45, 2.75) is 44.6 Å². The summed E-state index contributed by atoms with van der Waals surface area (Å²) < 4.78 is 33.1. The first kappa shape index (κ1) is 24.2. The van der Waals surface area contributed by atoms with Gasteiger partial charge >= 0.3 is 12.0 Å². The third-order valence-electron chi connectivity index (χ3n) is 5.74. The van der Waals surface area contributed by atoms with Crippen molar-refractivity contribution < 1.29 is 22.7 Å². The number of piperidine rings is 1. The van der Waals surface area contributed by atoms with Crippen LogP contribution in [0, 0.1) is 12.8 Å². The molecule has 10 heteroatoms. The Morgan fingerprint density at radius 1 is 1.28 bits per heavy atom. The first-order chi connectivity index (χ1) is 15.2. The zero-order valence-corrected chi connectivity index (χ0v) is 19.6. The fourth-order valence-electron chi connectivity index (χ4n) is 4.12. The van der Waals surface area contributed by atoms with E-state index in [1.807, 2.05) is 6.92 Å². The number of sulfonamides is 1. The molecule has 1 fully saturated rings. The quantitative estimate of drug-likeness (QED) is 0.502. The van der Waals surface area contributed by atoms with Crippen LogP contribution in [0.1, 0.15) is 32.3 Å². The standard InChI is InChI=1S/C22H32N4O5S/c1-4-31-21(27)20-16(3)24-22(28)25-19(20)14-26-11-5-6-17(13-26)12-23-32(29,30)18-9-7-15(2)8-10-18/h7-10,16-17,23H,4-6,11-14H2,1-3H3,(H2,24,25,28). The van der Waals surface area contributed by atoms with Gasteiger partial charge in [0.15, 0.2) is 0 Å². The lowest BCUT2D eigenvalue weighted by atomic mass is 9.97. The van der Waals surface area contributed by atoms with E-state index in [-0.39, 0.29) is 23.5 Å². The van der Waals surface area contributed by atoms with Crippen LogP contribution in [0.25, 0.3) is 0 Å². The molecule has 9 nitrogen and oxygen atoms in total. The summed E-state index contributed by atoms with van der Waals surface area (Å²) in [4.78, 5) is 26.8. The fourth-order valence-corrected chi connectivity index (χ4v) is 5.23. The van der Waals surface area contributed by atoms with Crippen LogP contribution in [0.3, 0.4) is 0 Å². The van der Waals surface area contributed by atoms with Crippen molar-refractivity contribution in [2.24, 2.45) is 5.92 Å². The zero-order chi connectivity index (χ0) is 23.3. The molecule has 2 aliphatic rings. The molecular weight excluding hydrogens is 432 g/mol. The second-order valence-corrected chi connectivity index (χ2v) is 10.1. The summed E-state index contributed by atoms with van der Waals surface area (Å²) in [7, 11) is -3.57. The highest BCUT2D eigenvalue weighted by Crippen LogP contribution is 2.21. The van der Waals surface area contributed by atoms with Crippen LogP contribution in [0.15, 0.2) is 40.4 Å². The molecule has 32 heavy (non-hydrogen) atoms. The number of rotatable bonds is 8. The van der Waals surface area contributed by atoms with Crippen LogP contribution in [0.5, 0.6) is 0 Å². The third-order valence-corrected chi connectivity index (χ3v) is 7.18. The molecule has 2 unspecified atom stereocenters. The molecule has 2 heterocycles. The van der Waals surface area contributed by atoms with Gasteiger partial charge < -0.3 is 15.4 Å². The SMILES string of the molecule is CCOC(=O)C1=C(CN2CCCC(CNS(=O)(=O)c3ccc(C)cc3)C2)NC(=O)NC1C. The average molecular weight is 465 g/mol. The van der Waals surface area contributed by atoms with E-state index in [0.29, 0.717) is 30.9 Å². The minimum absolute atomic E-state index is 0.130. The van der Waals surface area contributed by atoms with Gasteiger partial charge in [0, 0.05) is 25.3 Å². The number of nitrogens with zero attached hydrogens (tertiary/aromatic N) is 1. The molecule has 0 bridgehead atoms. The molecule has 2 amide bonds. The van der Waals surface area contributed by atoms with Crippen LogP contribution < -0.4 is 15.4 Å². The summed E-state index contributed by atoms with van der Waals surface area (Å²) in [5.74, 6) is -0.313. The van der Waals surface area contributed by atoms with E-state index in [2.05, 4.69) is 20.3 Å². The van der Waals surface area contributed by atoms with Crippen molar-refractivity contribution in [3.8, 4) is 0 Å². The number of benzene rings is 1. The van der Waals surface area contributed by atoms with Crippen molar-refractivity contribution in [2.75, 3.05) is 32.8 Å². The molecule has 2 atom stereocenters. The van der Waals surface area contributed by atoms with Gasteiger partial charge in [-0.25, -0.2) is 22.7 Å². The van der Waals surface area contributed by atoms with Crippen LogP contribution in [0.2, 0.25) is 0 Å². The maximum absolute atomic E-state index is 12.6. The maximum Gasteiger partial charge on any atom is 0.337 e. The summed E-state index contributed by atoms with van der Waals surface area (Å²) in [6, 6.07) is 5.98. The number of esters is 1. The number of carbonyl (C=O) groups is 2. The minimum Gasteiger partial charge on any atom is -0.463 e. The summed E-state index contributed by atoms with van der Waals surface area (Å²) in [6.07, 6.45) is 1.81. The summed E-state index contributed by atoms with van der Waals surface area (Å²) >= 11 is 0. The normalized spacial score (nSPS) is 22.3. The topological polar surface area (TPSA) is 117 Å². The Morgan fingerprint density at radius 3 is 2.69 bits per heavy atom.